The molecule has 0 aromatic heterocycles. The summed E-state index contributed by atoms with van der Waals surface area (Å²) in [5, 5.41) is 0. The molecule has 0 bridgehead atoms. The first-order valence-corrected chi connectivity index (χ1v) is 10.8. The van der Waals surface area contributed by atoms with Crippen LogP contribution in [0.1, 0.15) is 84.0 Å². The van der Waals surface area contributed by atoms with Crippen molar-refractivity contribution in [3.63, 3.8) is 0 Å². The molecule has 1 fully saturated rings. The van der Waals surface area contributed by atoms with Gasteiger partial charge in [0, 0.05) is 13.0 Å². The van der Waals surface area contributed by atoms with Gasteiger partial charge in [-0.2, -0.15) is 0 Å². The van der Waals surface area contributed by atoms with Gasteiger partial charge in [0.1, 0.15) is 0 Å². The maximum atomic E-state index is 10.7. The molecule has 1 aliphatic heterocycles. The van der Waals surface area contributed by atoms with E-state index in [1.807, 2.05) is 0 Å². The van der Waals surface area contributed by atoms with Crippen LogP contribution in [-0.4, -0.2) is 36.9 Å². The van der Waals surface area contributed by atoms with Crippen molar-refractivity contribution in [2.75, 3.05) is 13.2 Å². The van der Waals surface area contributed by atoms with Gasteiger partial charge >= 0.3 is 29.6 Å². The van der Waals surface area contributed by atoms with Gasteiger partial charge in [0.15, 0.2) is 0 Å². The summed E-state index contributed by atoms with van der Waals surface area (Å²) in [7, 11) is -4.48. The van der Waals surface area contributed by atoms with Gasteiger partial charge in [-0.05, 0) is 19.0 Å². The molecule has 0 aromatic rings. The normalized spacial score (nSPS) is 13.8. The molecule has 8 heteroatoms. The second-order valence-corrected chi connectivity index (χ2v) is 7.34. The Kier molecular flexibility index (Phi) is 20.1. The number of nitrogens with zero attached hydrogens (tertiary/aromatic N) is 1. The fourth-order valence-corrected chi connectivity index (χ4v) is 2.93. The second-order valence-electron chi connectivity index (χ2n) is 6.29. The van der Waals surface area contributed by atoms with Gasteiger partial charge in [-0.25, -0.2) is 8.42 Å². The molecule has 0 aliphatic carbocycles. The standard InChI is InChI=1S/C12H26O4S.C6H9NO.Na/c1-2-3-4-5-6-7-8-9-10-11-12-16-17(13,14)15;1-2-7-5-3-4-6(7)8;/h2-12H2,1H3,(H,13,14,15);2H,1,3-5H2;/q;;+1/p-1. The average Bonchev–Trinajstić information content (AvgIpc) is 2.97. The molecule has 1 rings (SSSR count). The topological polar surface area (TPSA) is 86.7 Å². The number of hydrogen-bond donors (Lipinski definition) is 0. The first kappa shape index (κ1) is 28.3. The molecule has 1 saturated heterocycles. The summed E-state index contributed by atoms with van der Waals surface area (Å²) in [5.41, 5.74) is 0. The molecular weight excluding hydrogens is 365 g/mol. The molecule has 0 saturated carbocycles. The van der Waals surface area contributed by atoms with E-state index in [4.69, 9.17) is 0 Å². The Morgan fingerprint density at radius 2 is 1.58 bits per heavy atom. The molecule has 0 N–H and O–H groups in total. The Labute approximate surface area is 182 Å². The van der Waals surface area contributed by atoms with Crippen LogP contribution >= 0.6 is 0 Å². The molecule has 148 valence electrons. The summed E-state index contributed by atoms with van der Waals surface area (Å²) in [6, 6.07) is 0. The van der Waals surface area contributed by atoms with E-state index in [0.717, 1.165) is 25.8 Å². The number of amides is 1. The summed E-state index contributed by atoms with van der Waals surface area (Å²) in [6.07, 6.45) is 15.0. The molecule has 1 heterocycles. The predicted octanol–water partition coefficient (Wildman–Crippen LogP) is 1.14. The molecular formula is C18H34NNaO5S. The van der Waals surface area contributed by atoms with Crippen LogP contribution in [-0.2, 0) is 19.4 Å². The van der Waals surface area contributed by atoms with Crippen LogP contribution in [0.5, 0.6) is 0 Å². The van der Waals surface area contributed by atoms with Gasteiger partial charge in [0.05, 0.1) is 6.61 Å². The molecule has 1 amide bonds. The van der Waals surface area contributed by atoms with E-state index >= 15 is 0 Å². The minimum atomic E-state index is -4.48. The largest absolute Gasteiger partial charge is 1.00 e. The third kappa shape index (κ3) is 18.9. The van der Waals surface area contributed by atoms with Crippen molar-refractivity contribution in [3.8, 4) is 0 Å². The molecule has 0 spiro atoms. The Morgan fingerprint density at radius 1 is 1.08 bits per heavy atom. The van der Waals surface area contributed by atoms with Crippen molar-refractivity contribution in [2.45, 2.75) is 84.0 Å². The summed E-state index contributed by atoms with van der Waals surface area (Å²) in [4.78, 5) is 12.3. The Bertz CT molecular complexity index is 456. The maximum absolute atomic E-state index is 10.7. The SMILES string of the molecule is C=CN1CCCC1=O.CCCCCCCCCCCCOS(=O)(=O)[O-].[Na+]. The van der Waals surface area contributed by atoms with Crippen LogP contribution in [0.4, 0.5) is 0 Å². The smallest absolute Gasteiger partial charge is 0.726 e. The van der Waals surface area contributed by atoms with E-state index in [0.29, 0.717) is 12.8 Å². The van der Waals surface area contributed by atoms with E-state index < -0.39 is 10.4 Å². The summed E-state index contributed by atoms with van der Waals surface area (Å²) in [6.45, 7) is 6.60. The van der Waals surface area contributed by atoms with Gasteiger partial charge in [-0.15, -0.1) is 0 Å². The first-order chi connectivity index (χ1) is 11.9. The number of hydrogen-bond acceptors (Lipinski definition) is 5. The molecule has 26 heavy (non-hydrogen) atoms. The van der Waals surface area contributed by atoms with Crippen LogP contribution in [0.15, 0.2) is 12.8 Å². The van der Waals surface area contributed by atoms with Crippen LogP contribution in [0.25, 0.3) is 0 Å². The van der Waals surface area contributed by atoms with Crippen LogP contribution < -0.4 is 29.6 Å². The molecule has 1 aliphatic rings. The minimum absolute atomic E-state index is 0. The van der Waals surface area contributed by atoms with Crippen LogP contribution in [0, 0.1) is 0 Å². The number of rotatable bonds is 13. The summed E-state index contributed by atoms with van der Waals surface area (Å²) >= 11 is 0. The van der Waals surface area contributed by atoms with Crippen molar-refractivity contribution in [1.82, 2.24) is 4.90 Å². The molecule has 0 atom stereocenters. The third-order valence-corrected chi connectivity index (χ3v) is 4.51. The Hall–Kier alpha value is 0.0800. The van der Waals surface area contributed by atoms with E-state index in [1.165, 1.54) is 44.9 Å². The van der Waals surface area contributed by atoms with Crippen molar-refractivity contribution in [3.05, 3.63) is 12.8 Å². The zero-order valence-electron chi connectivity index (χ0n) is 16.6. The van der Waals surface area contributed by atoms with E-state index in [2.05, 4.69) is 17.7 Å². The van der Waals surface area contributed by atoms with Gasteiger partial charge < -0.3 is 9.45 Å². The van der Waals surface area contributed by atoms with E-state index in [1.54, 1.807) is 11.1 Å². The molecule has 0 unspecified atom stereocenters. The average molecular weight is 400 g/mol. The summed E-state index contributed by atoms with van der Waals surface area (Å²) < 4.78 is 34.5. The fraction of sp³-hybridized carbons (Fsp3) is 0.833. The van der Waals surface area contributed by atoms with E-state index in [9.17, 15) is 17.8 Å². The van der Waals surface area contributed by atoms with Gasteiger partial charge in [-0.1, -0.05) is 71.3 Å². The quantitative estimate of drug-likeness (QED) is 0.201. The number of carbonyl (C=O) groups excluding carboxylic acids is 1. The first-order valence-electron chi connectivity index (χ1n) is 9.43. The van der Waals surface area contributed by atoms with Crippen molar-refractivity contribution < 1.29 is 51.5 Å². The number of likely N-dealkylation sites (tertiary alicyclic amines) is 1. The monoisotopic (exact) mass is 399 g/mol. The van der Waals surface area contributed by atoms with Gasteiger partial charge in [0.2, 0.25) is 16.3 Å². The Morgan fingerprint density at radius 3 is 1.92 bits per heavy atom. The Balaban J connectivity index is 0. The molecule has 0 aromatic carbocycles. The second kappa shape index (κ2) is 18.4. The molecule has 6 nitrogen and oxygen atoms in total. The molecule has 0 radical (unpaired) electrons. The van der Waals surface area contributed by atoms with Crippen molar-refractivity contribution >= 4 is 16.3 Å². The van der Waals surface area contributed by atoms with Gasteiger partial charge in [0.25, 0.3) is 0 Å². The predicted molar refractivity (Wildman–Crippen MR) is 98.6 cm³/mol. The number of unbranched alkanes of at least 4 members (excludes halogenated alkanes) is 9. The van der Waals surface area contributed by atoms with Crippen LogP contribution in [0.3, 0.4) is 0 Å². The number of carbonyl (C=O) groups is 1. The third-order valence-electron chi connectivity index (χ3n) is 4.06. The van der Waals surface area contributed by atoms with Crippen LogP contribution in [0.2, 0.25) is 0 Å². The minimum Gasteiger partial charge on any atom is -0.726 e. The van der Waals surface area contributed by atoms with Gasteiger partial charge in [-0.3, -0.25) is 8.98 Å². The fourth-order valence-electron chi connectivity index (χ4n) is 2.61. The zero-order chi connectivity index (χ0) is 19.0. The maximum Gasteiger partial charge on any atom is 1.00 e. The summed E-state index contributed by atoms with van der Waals surface area (Å²) in [5.74, 6) is 0.208. The van der Waals surface area contributed by atoms with Crippen molar-refractivity contribution in [2.24, 2.45) is 0 Å². The zero-order valence-corrected chi connectivity index (χ0v) is 19.4. The van der Waals surface area contributed by atoms with Crippen molar-refractivity contribution in [1.29, 1.82) is 0 Å². The van der Waals surface area contributed by atoms with E-state index in [-0.39, 0.29) is 42.1 Å².